The summed E-state index contributed by atoms with van der Waals surface area (Å²) in [5, 5.41) is 0. The lowest BCUT2D eigenvalue weighted by Gasteiger charge is -2.38. The van der Waals surface area contributed by atoms with Crippen molar-refractivity contribution in [3.8, 4) is 0 Å². The summed E-state index contributed by atoms with van der Waals surface area (Å²) in [6, 6.07) is 0. The molecule has 0 aromatic heterocycles. The Morgan fingerprint density at radius 3 is 1.60 bits per heavy atom. The molecule has 0 heterocycles. The average Bonchev–Trinajstić information content (AvgIpc) is 1.61. The lowest BCUT2D eigenvalue weighted by molar-refractivity contribution is 0.172. The smallest absolute Gasteiger partial charge is 0.0660 e. The molecule has 0 amide bonds. The molecule has 4 N–H and O–H groups in total. The molecule has 0 saturated carbocycles. The molecule has 2 nitrogen and oxygen atoms in total. The fraction of sp³-hybridized carbons (Fsp3) is 1.00. The molecule has 62 valence electrons. The molecule has 0 radical (unpaired) electrons. The van der Waals surface area contributed by atoms with Gasteiger partial charge in [-0.15, -0.1) is 0 Å². The van der Waals surface area contributed by atoms with Gasteiger partial charge in [0.05, 0.1) is 5.66 Å². The van der Waals surface area contributed by atoms with Crippen LogP contribution in [-0.4, -0.2) is 5.66 Å². The quantitative estimate of drug-likeness (QED) is 0.589. The Kier molecular flexibility index (Phi) is 2.86. The van der Waals surface area contributed by atoms with Crippen molar-refractivity contribution in [3.63, 3.8) is 0 Å². The molecule has 0 aliphatic rings. The molecular weight excluding hydrogens is 124 g/mol. The lowest BCUT2D eigenvalue weighted by Crippen LogP contribution is -2.57. The van der Waals surface area contributed by atoms with E-state index in [1.165, 1.54) is 0 Å². The minimum Gasteiger partial charge on any atom is -0.313 e. The summed E-state index contributed by atoms with van der Waals surface area (Å²) in [4.78, 5) is 0. The summed E-state index contributed by atoms with van der Waals surface area (Å²) in [5.41, 5.74) is 11.0. The van der Waals surface area contributed by atoms with Gasteiger partial charge in [-0.1, -0.05) is 27.2 Å². The van der Waals surface area contributed by atoms with E-state index < -0.39 is 5.66 Å². The van der Waals surface area contributed by atoms with Gasteiger partial charge < -0.3 is 11.5 Å². The minimum atomic E-state index is -0.553. The molecule has 0 aromatic rings. The van der Waals surface area contributed by atoms with Crippen molar-refractivity contribution in [2.24, 2.45) is 16.9 Å². The third-order valence-corrected chi connectivity index (χ3v) is 2.33. The van der Waals surface area contributed by atoms with Crippen molar-refractivity contribution in [2.45, 2.75) is 46.2 Å². The van der Waals surface area contributed by atoms with Gasteiger partial charge in [0.25, 0.3) is 0 Å². The second-order valence-electron chi connectivity index (χ2n) is 3.92. The predicted octanol–water partition coefficient (Wildman–Crippen LogP) is 1.45. The van der Waals surface area contributed by atoms with E-state index in [-0.39, 0.29) is 5.41 Å². The van der Waals surface area contributed by atoms with Gasteiger partial charge in [-0.2, -0.15) is 0 Å². The highest BCUT2D eigenvalue weighted by Gasteiger charge is 2.32. The molecule has 0 aliphatic carbocycles. The number of rotatable bonds is 3. The summed E-state index contributed by atoms with van der Waals surface area (Å²) in [7, 11) is 0. The zero-order valence-electron chi connectivity index (χ0n) is 7.57. The number of hydrogen-bond acceptors (Lipinski definition) is 2. The SMILES string of the molecule is CCCC(C)(C)C(C)(N)N. The zero-order valence-corrected chi connectivity index (χ0v) is 7.57. The van der Waals surface area contributed by atoms with Crippen molar-refractivity contribution in [2.75, 3.05) is 0 Å². The number of hydrogen-bond donors (Lipinski definition) is 2. The van der Waals surface area contributed by atoms with Crippen LogP contribution in [0.1, 0.15) is 40.5 Å². The summed E-state index contributed by atoms with van der Waals surface area (Å²) in [6.07, 6.45) is 2.22. The molecule has 0 unspecified atom stereocenters. The second kappa shape index (κ2) is 2.89. The van der Waals surface area contributed by atoms with Crippen LogP contribution in [0.3, 0.4) is 0 Å². The first kappa shape index (κ1) is 9.92. The van der Waals surface area contributed by atoms with Crippen LogP contribution in [0.4, 0.5) is 0 Å². The fourth-order valence-electron chi connectivity index (χ4n) is 0.894. The van der Waals surface area contributed by atoms with E-state index in [1.54, 1.807) is 0 Å². The molecule has 0 fully saturated rings. The zero-order chi connectivity index (χ0) is 8.41. The normalized spacial score (nSPS) is 13.8. The Bertz CT molecular complexity index is 100. The van der Waals surface area contributed by atoms with Crippen molar-refractivity contribution >= 4 is 0 Å². The van der Waals surface area contributed by atoms with Gasteiger partial charge in [0.2, 0.25) is 0 Å². The molecule has 2 heteroatoms. The van der Waals surface area contributed by atoms with E-state index in [0.29, 0.717) is 0 Å². The van der Waals surface area contributed by atoms with Crippen LogP contribution >= 0.6 is 0 Å². The van der Waals surface area contributed by atoms with Crippen molar-refractivity contribution < 1.29 is 0 Å². The Morgan fingerprint density at radius 2 is 1.50 bits per heavy atom. The Morgan fingerprint density at radius 1 is 1.10 bits per heavy atom. The third-order valence-electron chi connectivity index (χ3n) is 2.33. The van der Waals surface area contributed by atoms with Crippen LogP contribution in [0.25, 0.3) is 0 Å². The maximum atomic E-state index is 5.78. The van der Waals surface area contributed by atoms with Crippen LogP contribution in [-0.2, 0) is 0 Å². The van der Waals surface area contributed by atoms with Crippen molar-refractivity contribution in [3.05, 3.63) is 0 Å². The molecule has 0 rings (SSSR count). The van der Waals surface area contributed by atoms with Gasteiger partial charge in [0, 0.05) is 0 Å². The summed E-state index contributed by atoms with van der Waals surface area (Å²) >= 11 is 0. The Hall–Kier alpha value is -0.0800. The van der Waals surface area contributed by atoms with E-state index in [4.69, 9.17) is 11.5 Å². The lowest BCUT2D eigenvalue weighted by atomic mass is 9.77. The van der Waals surface area contributed by atoms with E-state index in [2.05, 4.69) is 20.8 Å². The maximum absolute atomic E-state index is 5.78. The number of nitrogens with two attached hydrogens (primary N) is 2. The summed E-state index contributed by atoms with van der Waals surface area (Å²) in [5.74, 6) is 0. The van der Waals surface area contributed by atoms with Gasteiger partial charge in [0.15, 0.2) is 0 Å². The van der Waals surface area contributed by atoms with E-state index in [0.717, 1.165) is 12.8 Å². The molecule has 0 aliphatic heterocycles. The Balaban J connectivity index is 4.10. The second-order valence-corrected chi connectivity index (χ2v) is 3.92. The molecule has 0 atom stereocenters. The first-order valence-electron chi connectivity index (χ1n) is 3.89. The van der Waals surface area contributed by atoms with E-state index in [9.17, 15) is 0 Å². The van der Waals surface area contributed by atoms with Gasteiger partial charge in [-0.3, -0.25) is 0 Å². The van der Waals surface area contributed by atoms with E-state index in [1.807, 2.05) is 6.92 Å². The van der Waals surface area contributed by atoms with Crippen molar-refractivity contribution in [1.29, 1.82) is 0 Å². The monoisotopic (exact) mass is 144 g/mol. The van der Waals surface area contributed by atoms with E-state index >= 15 is 0 Å². The highest BCUT2D eigenvalue weighted by Crippen LogP contribution is 2.29. The first-order chi connectivity index (χ1) is 4.31. The highest BCUT2D eigenvalue weighted by atomic mass is 15.0. The van der Waals surface area contributed by atoms with Gasteiger partial charge in [0.1, 0.15) is 0 Å². The molecule has 10 heavy (non-hydrogen) atoms. The van der Waals surface area contributed by atoms with Crippen LogP contribution in [0, 0.1) is 5.41 Å². The Labute approximate surface area is 64.0 Å². The van der Waals surface area contributed by atoms with Gasteiger partial charge in [-0.05, 0) is 18.8 Å². The first-order valence-corrected chi connectivity index (χ1v) is 3.89. The highest BCUT2D eigenvalue weighted by molar-refractivity contribution is 4.87. The maximum Gasteiger partial charge on any atom is 0.0660 e. The van der Waals surface area contributed by atoms with Gasteiger partial charge >= 0.3 is 0 Å². The fourth-order valence-corrected chi connectivity index (χ4v) is 0.894. The van der Waals surface area contributed by atoms with Crippen LogP contribution in [0.5, 0.6) is 0 Å². The topological polar surface area (TPSA) is 52.0 Å². The predicted molar refractivity (Wildman–Crippen MR) is 45.5 cm³/mol. The van der Waals surface area contributed by atoms with Crippen LogP contribution in [0.2, 0.25) is 0 Å². The molecule has 0 saturated heterocycles. The van der Waals surface area contributed by atoms with Crippen molar-refractivity contribution in [1.82, 2.24) is 0 Å². The van der Waals surface area contributed by atoms with Crippen LogP contribution < -0.4 is 11.5 Å². The minimum absolute atomic E-state index is 0.0434. The van der Waals surface area contributed by atoms with Gasteiger partial charge in [-0.25, -0.2) is 0 Å². The standard InChI is InChI=1S/C8H20N2/c1-5-6-7(2,3)8(4,9)10/h5-6,9-10H2,1-4H3. The van der Waals surface area contributed by atoms with Crippen LogP contribution in [0.15, 0.2) is 0 Å². The largest absolute Gasteiger partial charge is 0.313 e. The molecule has 0 bridgehead atoms. The average molecular weight is 144 g/mol. The molecule has 0 aromatic carbocycles. The molecular formula is C8H20N2. The summed E-state index contributed by atoms with van der Waals surface area (Å²) in [6.45, 7) is 8.24. The molecule has 0 spiro atoms. The summed E-state index contributed by atoms with van der Waals surface area (Å²) < 4.78 is 0. The third kappa shape index (κ3) is 2.27.